The van der Waals surface area contributed by atoms with Crippen molar-refractivity contribution in [3.63, 3.8) is 0 Å². The molecule has 2 rings (SSSR count). The smallest absolute Gasteiger partial charge is 0.422 e. The number of anilines is 1. The van der Waals surface area contributed by atoms with Crippen molar-refractivity contribution in [3.8, 4) is 5.75 Å². The lowest BCUT2D eigenvalue weighted by molar-refractivity contribution is -0.153. The van der Waals surface area contributed by atoms with Gasteiger partial charge in [0.2, 0.25) is 0 Å². The van der Waals surface area contributed by atoms with E-state index in [4.69, 9.17) is 9.84 Å². The van der Waals surface area contributed by atoms with Gasteiger partial charge in [0.1, 0.15) is 5.75 Å². The summed E-state index contributed by atoms with van der Waals surface area (Å²) in [5, 5.41) is 11.6. The molecule has 2 amide bonds. The number of likely N-dealkylation sites (tertiary alicyclic amines) is 1. The fraction of sp³-hybridized carbons (Fsp3) is 0.500. The van der Waals surface area contributed by atoms with E-state index in [1.807, 2.05) is 0 Å². The molecule has 0 aliphatic carbocycles. The molecular weight excluding hydrogens is 341 g/mol. The van der Waals surface area contributed by atoms with Crippen LogP contribution in [0, 0.1) is 12.8 Å². The van der Waals surface area contributed by atoms with E-state index < -0.39 is 24.7 Å². The standard InChI is InChI=1S/C16H19F3N2O4/c1-10-8-12(2-3-13(10)25-9-16(17,18)19)20-15(24)21-6-4-11(5-7-21)14(22)23/h2-3,8,11H,4-7,9H2,1H3,(H,20,24)(H,22,23). The highest BCUT2D eigenvalue weighted by atomic mass is 19.4. The second-order valence-electron chi connectivity index (χ2n) is 5.91. The summed E-state index contributed by atoms with van der Waals surface area (Å²) in [5.74, 6) is -1.20. The molecule has 0 bridgehead atoms. The van der Waals surface area contributed by atoms with Crippen LogP contribution in [0.4, 0.5) is 23.7 Å². The van der Waals surface area contributed by atoms with Gasteiger partial charge in [-0.2, -0.15) is 13.2 Å². The van der Waals surface area contributed by atoms with Gasteiger partial charge >= 0.3 is 18.2 Å². The molecule has 1 aliphatic rings. The lowest BCUT2D eigenvalue weighted by atomic mass is 9.97. The number of amides is 2. The van der Waals surface area contributed by atoms with Crippen molar-refractivity contribution >= 4 is 17.7 Å². The molecule has 0 atom stereocenters. The van der Waals surface area contributed by atoms with Crippen LogP contribution in [-0.2, 0) is 4.79 Å². The Bertz CT molecular complexity index is 641. The predicted octanol–water partition coefficient (Wildman–Crippen LogP) is 3.26. The van der Waals surface area contributed by atoms with E-state index in [0.717, 1.165) is 0 Å². The zero-order valence-corrected chi connectivity index (χ0v) is 13.6. The Kier molecular flexibility index (Phi) is 5.76. The fourth-order valence-electron chi connectivity index (χ4n) is 2.58. The van der Waals surface area contributed by atoms with Gasteiger partial charge < -0.3 is 20.1 Å². The molecule has 0 saturated carbocycles. The number of carboxylic acids is 1. The molecule has 2 N–H and O–H groups in total. The van der Waals surface area contributed by atoms with Gasteiger partial charge in [0.05, 0.1) is 5.92 Å². The number of carbonyl (C=O) groups excluding carboxylic acids is 1. The van der Waals surface area contributed by atoms with E-state index in [0.29, 0.717) is 37.2 Å². The molecular formula is C16H19F3N2O4. The maximum Gasteiger partial charge on any atom is 0.422 e. The third-order valence-corrected chi connectivity index (χ3v) is 3.95. The Morgan fingerprint density at radius 3 is 2.48 bits per heavy atom. The molecule has 6 nitrogen and oxygen atoms in total. The van der Waals surface area contributed by atoms with Crippen LogP contribution in [0.15, 0.2) is 18.2 Å². The van der Waals surface area contributed by atoms with E-state index in [2.05, 4.69) is 5.32 Å². The van der Waals surface area contributed by atoms with Gasteiger partial charge in [0, 0.05) is 18.8 Å². The first kappa shape index (κ1) is 18.9. The molecule has 1 saturated heterocycles. The first-order chi connectivity index (χ1) is 11.7. The molecule has 1 aliphatic heterocycles. The average molecular weight is 360 g/mol. The number of alkyl halides is 3. The number of aryl methyl sites for hydroxylation is 1. The highest BCUT2D eigenvalue weighted by molar-refractivity contribution is 5.89. The minimum atomic E-state index is -4.42. The Morgan fingerprint density at radius 2 is 1.96 bits per heavy atom. The summed E-state index contributed by atoms with van der Waals surface area (Å²) in [6, 6.07) is 3.98. The zero-order valence-electron chi connectivity index (χ0n) is 13.6. The highest BCUT2D eigenvalue weighted by Crippen LogP contribution is 2.25. The van der Waals surface area contributed by atoms with Gasteiger partial charge in [0.25, 0.3) is 0 Å². The number of rotatable bonds is 4. The third-order valence-electron chi connectivity index (χ3n) is 3.95. The van der Waals surface area contributed by atoms with Gasteiger partial charge in [0.15, 0.2) is 6.61 Å². The van der Waals surface area contributed by atoms with Crippen LogP contribution in [0.5, 0.6) is 5.75 Å². The number of carbonyl (C=O) groups is 2. The van der Waals surface area contributed by atoms with Crippen molar-refractivity contribution < 1.29 is 32.6 Å². The minimum Gasteiger partial charge on any atom is -0.484 e. The van der Waals surface area contributed by atoms with Crippen molar-refractivity contribution in [1.29, 1.82) is 0 Å². The van der Waals surface area contributed by atoms with Gasteiger partial charge in [-0.3, -0.25) is 4.79 Å². The van der Waals surface area contributed by atoms with Crippen LogP contribution < -0.4 is 10.1 Å². The van der Waals surface area contributed by atoms with Crippen molar-refractivity contribution in [1.82, 2.24) is 4.90 Å². The highest BCUT2D eigenvalue weighted by Gasteiger charge is 2.29. The summed E-state index contributed by atoms with van der Waals surface area (Å²) in [5.41, 5.74) is 0.897. The normalized spacial score (nSPS) is 15.8. The van der Waals surface area contributed by atoms with Crippen molar-refractivity contribution in [3.05, 3.63) is 23.8 Å². The van der Waals surface area contributed by atoms with E-state index >= 15 is 0 Å². The van der Waals surface area contributed by atoms with Crippen molar-refractivity contribution in [2.24, 2.45) is 5.92 Å². The maximum atomic E-state index is 12.2. The van der Waals surface area contributed by atoms with Gasteiger partial charge in [-0.1, -0.05) is 0 Å². The first-order valence-corrected chi connectivity index (χ1v) is 7.74. The fourth-order valence-corrected chi connectivity index (χ4v) is 2.58. The zero-order chi connectivity index (χ0) is 18.6. The SMILES string of the molecule is Cc1cc(NC(=O)N2CCC(C(=O)O)CC2)ccc1OCC(F)(F)F. The van der Waals surface area contributed by atoms with Crippen LogP contribution in [0.3, 0.4) is 0 Å². The number of benzene rings is 1. The molecule has 138 valence electrons. The molecule has 9 heteroatoms. The Balaban J connectivity index is 1.91. The van der Waals surface area contributed by atoms with Crippen LogP contribution in [0.2, 0.25) is 0 Å². The average Bonchev–Trinajstić information content (AvgIpc) is 2.53. The summed E-state index contributed by atoms with van der Waals surface area (Å²) >= 11 is 0. The number of nitrogens with zero attached hydrogens (tertiary/aromatic N) is 1. The summed E-state index contributed by atoms with van der Waals surface area (Å²) in [7, 11) is 0. The molecule has 1 aromatic carbocycles. The molecule has 0 aromatic heterocycles. The largest absolute Gasteiger partial charge is 0.484 e. The number of carboxylic acid groups (broad SMARTS) is 1. The van der Waals surface area contributed by atoms with E-state index in [-0.39, 0.29) is 11.8 Å². The number of piperidine rings is 1. The topological polar surface area (TPSA) is 78.9 Å². The molecule has 1 aromatic rings. The van der Waals surface area contributed by atoms with E-state index in [1.165, 1.54) is 23.1 Å². The number of nitrogens with one attached hydrogen (secondary N) is 1. The second kappa shape index (κ2) is 7.62. The third kappa shape index (κ3) is 5.54. The number of aliphatic carboxylic acids is 1. The number of halogens is 3. The molecule has 1 heterocycles. The lowest BCUT2D eigenvalue weighted by Gasteiger charge is -2.30. The first-order valence-electron chi connectivity index (χ1n) is 7.74. The van der Waals surface area contributed by atoms with Gasteiger partial charge in [-0.15, -0.1) is 0 Å². The van der Waals surface area contributed by atoms with Gasteiger partial charge in [-0.05, 0) is 43.5 Å². The summed E-state index contributed by atoms with van der Waals surface area (Å²) in [6.07, 6.45) is -3.63. The van der Waals surface area contributed by atoms with Crippen LogP contribution in [-0.4, -0.2) is 47.9 Å². The summed E-state index contributed by atoms with van der Waals surface area (Å²) in [4.78, 5) is 24.6. The second-order valence-corrected chi connectivity index (χ2v) is 5.91. The van der Waals surface area contributed by atoms with E-state index in [9.17, 15) is 22.8 Å². The molecule has 0 unspecified atom stereocenters. The van der Waals surface area contributed by atoms with Crippen molar-refractivity contribution in [2.75, 3.05) is 25.0 Å². The Morgan fingerprint density at radius 1 is 1.32 bits per heavy atom. The number of hydrogen-bond donors (Lipinski definition) is 2. The number of urea groups is 1. The lowest BCUT2D eigenvalue weighted by Crippen LogP contribution is -2.42. The van der Waals surface area contributed by atoms with E-state index in [1.54, 1.807) is 6.92 Å². The van der Waals surface area contributed by atoms with Crippen LogP contribution >= 0.6 is 0 Å². The summed E-state index contributed by atoms with van der Waals surface area (Å²) < 4.78 is 41.3. The molecule has 1 fully saturated rings. The minimum absolute atomic E-state index is 0.0950. The monoisotopic (exact) mass is 360 g/mol. The maximum absolute atomic E-state index is 12.2. The van der Waals surface area contributed by atoms with Crippen LogP contribution in [0.25, 0.3) is 0 Å². The molecule has 0 spiro atoms. The Labute approximate surface area is 142 Å². The summed E-state index contributed by atoms with van der Waals surface area (Å²) in [6.45, 7) is 0.890. The Hall–Kier alpha value is -2.45. The number of ether oxygens (including phenoxy) is 1. The molecule has 25 heavy (non-hydrogen) atoms. The number of hydrogen-bond acceptors (Lipinski definition) is 3. The molecule has 0 radical (unpaired) electrons. The van der Waals surface area contributed by atoms with Crippen molar-refractivity contribution in [2.45, 2.75) is 25.9 Å². The quantitative estimate of drug-likeness (QED) is 0.864. The van der Waals surface area contributed by atoms with Gasteiger partial charge in [-0.25, -0.2) is 4.79 Å². The predicted molar refractivity (Wildman–Crippen MR) is 83.7 cm³/mol. The van der Waals surface area contributed by atoms with Crippen LogP contribution in [0.1, 0.15) is 18.4 Å².